The number of ether oxygens (including phenoxy) is 2. The maximum Gasteiger partial charge on any atom is 0.337 e. The second-order valence-corrected chi connectivity index (χ2v) is 4.17. The van der Waals surface area contributed by atoms with Crippen LogP contribution in [0.2, 0.25) is 5.02 Å². The second-order valence-electron chi connectivity index (χ2n) is 3.76. The van der Waals surface area contributed by atoms with Gasteiger partial charge >= 0.3 is 5.97 Å². The molecule has 1 fully saturated rings. The third-order valence-electron chi connectivity index (χ3n) is 2.48. The van der Waals surface area contributed by atoms with Crippen molar-refractivity contribution >= 4 is 17.6 Å². The summed E-state index contributed by atoms with van der Waals surface area (Å²) in [6.45, 7) is 1.15. The van der Waals surface area contributed by atoms with E-state index in [-0.39, 0.29) is 22.6 Å². The van der Waals surface area contributed by atoms with E-state index in [4.69, 9.17) is 26.2 Å². The van der Waals surface area contributed by atoms with Gasteiger partial charge in [0.05, 0.1) is 11.7 Å². The molecule has 1 N–H and O–H groups in total. The fourth-order valence-corrected chi connectivity index (χ4v) is 1.82. The van der Waals surface area contributed by atoms with Crippen molar-refractivity contribution in [2.75, 3.05) is 13.2 Å². The first-order chi connectivity index (χ1) is 8.16. The Morgan fingerprint density at radius 1 is 1.71 bits per heavy atom. The van der Waals surface area contributed by atoms with Gasteiger partial charge in [-0.2, -0.15) is 0 Å². The summed E-state index contributed by atoms with van der Waals surface area (Å²) in [5, 5.41) is 8.94. The fourth-order valence-electron chi connectivity index (χ4n) is 1.60. The van der Waals surface area contributed by atoms with Gasteiger partial charge in [0.2, 0.25) is 5.88 Å². The third-order valence-corrected chi connectivity index (χ3v) is 2.76. The Balaban J connectivity index is 1.98. The first kappa shape index (κ1) is 12.1. The maximum atomic E-state index is 10.7. The van der Waals surface area contributed by atoms with Gasteiger partial charge in [-0.25, -0.2) is 9.78 Å². The van der Waals surface area contributed by atoms with E-state index in [1.165, 1.54) is 12.3 Å². The molecule has 0 aromatic carbocycles. The molecular weight excluding hydrogens is 246 g/mol. The number of carboxylic acids is 1. The van der Waals surface area contributed by atoms with Crippen molar-refractivity contribution in [2.45, 2.75) is 18.9 Å². The van der Waals surface area contributed by atoms with Gasteiger partial charge in [0, 0.05) is 12.8 Å². The Bertz CT molecular complexity index is 418. The highest BCUT2D eigenvalue weighted by atomic mass is 35.5. The lowest BCUT2D eigenvalue weighted by Gasteiger charge is -2.11. The van der Waals surface area contributed by atoms with Crippen molar-refractivity contribution in [3.63, 3.8) is 0 Å². The largest absolute Gasteiger partial charge is 0.478 e. The summed E-state index contributed by atoms with van der Waals surface area (Å²) >= 11 is 5.87. The molecule has 1 aliphatic heterocycles. The predicted molar refractivity (Wildman–Crippen MR) is 60.7 cm³/mol. The number of aromatic carboxylic acids is 1. The van der Waals surface area contributed by atoms with Gasteiger partial charge in [0.25, 0.3) is 0 Å². The van der Waals surface area contributed by atoms with Crippen LogP contribution < -0.4 is 4.74 Å². The lowest BCUT2D eigenvalue weighted by molar-refractivity contribution is 0.0659. The summed E-state index contributed by atoms with van der Waals surface area (Å²) in [6, 6.07) is 1.32. The van der Waals surface area contributed by atoms with Crippen LogP contribution in [0.5, 0.6) is 5.88 Å². The standard InChI is InChI=1S/C11H12ClNO4/c12-9-4-7(11(14)15)5-13-10(9)17-6-8-2-1-3-16-8/h4-5,8H,1-3,6H2,(H,14,15). The minimum atomic E-state index is -1.06. The van der Waals surface area contributed by atoms with E-state index in [0.29, 0.717) is 6.61 Å². The zero-order valence-electron chi connectivity index (χ0n) is 9.06. The molecule has 2 heterocycles. The number of hydrogen-bond acceptors (Lipinski definition) is 4. The molecule has 0 amide bonds. The van der Waals surface area contributed by atoms with Crippen LogP contribution in [-0.4, -0.2) is 35.4 Å². The number of carboxylic acid groups (broad SMARTS) is 1. The summed E-state index contributed by atoms with van der Waals surface area (Å²) in [4.78, 5) is 14.5. The third kappa shape index (κ3) is 3.08. The van der Waals surface area contributed by atoms with Crippen molar-refractivity contribution in [2.24, 2.45) is 0 Å². The van der Waals surface area contributed by atoms with E-state index in [9.17, 15) is 4.79 Å². The highest BCUT2D eigenvalue weighted by Crippen LogP contribution is 2.23. The van der Waals surface area contributed by atoms with Crippen LogP contribution in [0.1, 0.15) is 23.2 Å². The molecule has 0 spiro atoms. The Labute approximate surface area is 103 Å². The number of aromatic nitrogens is 1. The molecule has 0 saturated carbocycles. The van der Waals surface area contributed by atoms with Crippen molar-refractivity contribution < 1.29 is 19.4 Å². The van der Waals surface area contributed by atoms with Gasteiger partial charge in [0.15, 0.2) is 0 Å². The number of hydrogen-bond donors (Lipinski definition) is 1. The molecule has 1 atom stereocenters. The number of halogens is 1. The van der Waals surface area contributed by atoms with Crippen LogP contribution >= 0.6 is 11.6 Å². The summed E-state index contributed by atoms with van der Waals surface area (Å²) in [5.74, 6) is -0.822. The van der Waals surface area contributed by atoms with Crippen molar-refractivity contribution in [3.05, 3.63) is 22.8 Å². The SMILES string of the molecule is O=C(O)c1cnc(OCC2CCCO2)c(Cl)c1. The topological polar surface area (TPSA) is 68.7 Å². The normalized spacial score (nSPS) is 19.2. The smallest absolute Gasteiger partial charge is 0.337 e. The fraction of sp³-hybridized carbons (Fsp3) is 0.455. The number of nitrogens with zero attached hydrogens (tertiary/aromatic N) is 1. The molecule has 92 valence electrons. The highest BCUT2D eigenvalue weighted by Gasteiger charge is 2.17. The average Bonchev–Trinajstić information content (AvgIpc) is 2.80. The summed E-state index contributed by atoms with van der Waals surface area (Å²) < 4.78 is 10.8. The van der Waals surface area contributed by atoms with E-state index in [0.717, 1.165) is 19.4 Å². The molecule has 1 unspecified atom stereocenters. The molecule has 1 aromatic rings. The minimum Gasteiger partial charge on any atom is -0.478 e. The lowest BCUT2D eigenvalue weighted by Crippen LogP contribution is -2.17. The highest BCUT2D eigenvalue weighted by molar-refractivity contribution is 6.32. The Hall–Kier alpha value is -1.33. The van der Waals surface area contributed by atoms with E-state index in [2.05, 4.69) is 4.98 Å². The first-order valence-corrected chi connectivity index (χ1v) is 5.68. The Morgan fingerprint density at radius 2 is 2.53 bits per heavy atom. The zero-order chi connectivity index (χ0) is 12.3. The lowest BCUT2D eigenvalue weighted by atomic mass is 10.2. The maximum absolute atomic E-state index is 10.7. The van der Waals surface area contributed by atoms with Gasteiger partial charge in [-0.1, -0.05) is 11.6 Å². The Morgan fingerprint density at radius 3 is 3.12 bits per heavy atom. The van der Waals surface area contributed by atoms with Gasteiger partial charge < -0.3 is 14.6 Å². The molecular formula is C11H12ClNO4. The monoisotopic (exact) mass is 257 g/mol. The van der Waals surface area contributed by atoms with Crippen molar-refractivity contribution in [1.29, 1.82) is 0 Å². The quantitative estimate of drug-likeness (QED) is 0.893. The number of rotatable bonds is 4. The van der Waals surface area contributed by atoms with Gasteiger partial charge in [-0.3, -0.25) is 0 Å². The van der Waals surface area contributed by atoms with Gasteiger partial charge in [-0.15, -0.1) is 0 Å². The average molecular weight is 258 g/mol. The Kier molecular flexibility index (Phi) is 3.81. The molecule has 5 nitrogen and oxygen atoms in total. The molecule has 1 aromatic heterocycles. The van der Waals surface area contributed by atoms with Crippen LogP contribution in [0, 0.1) is 0 Å². The van der Waals surface area contributed by atoms with Crippen LogP contribution in [0.15, 0.2) is 12.3 Å². The molecule has 1 aliphatic rings. The van der Waals surface area contributed by atoms with Crippen molar-refractivity contribution in [3.8, 4) is 5.88 Å². The van der Waals surface area contributed by atoms with Crippen LogP contribution in [0.25, 0.3) is 0 Å². The summed E-state index contributed by atoms with van der Waals surface area (Å²) in [5.41, 5.74) is 0.0412. The molecule has 6 heteroatoms. The van der Waals surface area contributed by atoms with Crippen LogP contribution in [-0.2, 0) is 4.74 Å². The van der Waals surface area contributed by atoms with Crippen LogP contribution in [0.3, 0.4) is 0 Å². The van der Waals surface area contributed by atoms with E-state index in [1.54, 1.807) is 0 Å². The predicted octanol–water partition coefficient (Wildman–Crippen LogP) is 1.99. The molecule has 17 heavy (non-hydrogen) atoms. The molecule has 0 bridgehead atoms. The van der Waals surface area contributed by atoms with E-state index in [1.807, 2.05) is 0 Å². The zero-order valence-corrected chi connectivity index (χ0v) is 9.81. The number of pyridine rings is 1. The molecule has 2 rings (SSSR count). The van der Waals surface area contributed by atoms with Gasteiger partial charge in [-0.05, 0) is 18.9 Å². The minimum absolute atomic E-state index is 0.0412. The van der Waals surface area contributed by atoms with Crippen molar-refractivity contribution in [1.82, 2.24) is 4.98 Å². The molecule has 1 saturated heterocycles. The molecule has 0 aliphatic carbocycles. The summed E-state index contributed by atoms with van der Waals surface area (Å²) in [7, 11) is 0. The number of carbonyl (C=O) groups is 1. The second kappa shape index (κ2) is 5.33. The molecule has 0 radical (unpaired) electrons. The van der Waals surface area contributed by atoms with Crippen LogP contribution in [0.4, 0.5) is 0 Å². The van der Waals surface area contributed by atoms with E-state index < -0.39 is 5.97 Å². The van der Waals surface area contributed by atoms with Gasteiger partial charge in [0.1, 0.15) is 11.6 Å². The first-order valence-electron chi connectivity index (χ1n) is 5.30. The van der Waals surface area contributed by atoms with E-state index >= 15 is 0 Å². The summed E-state index contributed by atoms with van der Waals surface area (Å²) in [6.07, 6.45) is 3.30.